The molecule has 1 atom stereocenters. The summed E-state index contributed by atoms with van der Waals surface area (Å²) in [5, 5.41) is 15.8. The predicted octanol–water partition coefficient (Wildman–Crippen LogP) is 3.61. The van der Waals surface area contributed by atoms with Gasteiger partial charge in [0.05, 0.1) is 17.1 Å². The number of nitrogens with one attached hydrogen (secondary N) is 2. The number of benzene rings is 1. The zero-order valence-corrected chi connectivity index (χ0v) is 15.5. The number of Topliss-reactive ketones (excluding diaryl/α,β-unsaturated/α-hetero) is 1. The number of carbonyl (C=O) groups excluding carboxylic acids is 1. The van der Waals surface area contributed by atoms with Crippen LogP contribution < -0.4 is 10.6 Å². The van der Waals surface area contributed by atoms with Crippen LogP contribution in [0.4, 0.5) is 17.5 Å². The Balaban J connectivity index is 2.16. The molecule has 24 heavy (non-hydrogen) atoms. The van der Waals surface area contributed by atoms with Crippen molar-refractivity contribution in [2.24, 2.45) is 5.92 Å². The van der Waals surface area contributed by atoms with E-state index in [1.807, 2.05) is 13.8 Å². The van der Waals surface area contributed by atoms with Gasteiger partial charge >= 0.3 is 0 Å². The van der Waals surface area contributed by atoms with Gasteiger partial charge in [0.2, 0.25) is 5.95 Å². The Morgan fingerprint density at radius 1 is 1.29 bits per heavy atom. The van der Waals surface area contributed by atoms with Crippen molar-refractivity contribution in [3.8, 4) is 0 Å². The first kappa shape index (κ1) is 18.4. The Bertz CT molecular complexity index is 704. The van der Waals surface area contributed by atoms with Crippen LogP contribution in [0.25, 0.3) is 0 Å². The number of aromatic nitrogens is 2. The molecule has 0 aliphatic carbocycles. The molecule has 0 spiro atoms. The number of anilines is 3. The van der Waals surface area contributed by atoms with Gasteiger partial charge in [0, 0.05) is 17.4 Å². The third-order valence-electron chi connectivity index (χ3n) is 3.62. The number of carbonyl (C=O) groups is 1. The van der Waals surface area contributed by atoms with E-state index < -0.39 is 0 Å². The Hall–Kier alpha value is -1.99. The molecule has 0 saturated carbocycles. The van der Waals surface area contributed by atoms with E-state index in [1.165, 1.54) is 6.92 Å². The molecule has 2 aromatic rings. The zero-order valence-electron chi connectivity index (χ0n) is 13.9. The van der Waals surface area contributed by atoms with Crippen LogP contribution in [0, 0.1) is 5.92 Å². The number of hydrogen-bond acceptors (Lipinski definition) is 6. The van der Waals surface area contributed by atoms with Crippen LogP contribution in [-0.4, -0.2) is 33.5 Å². The molecule has 0 bridgehead atoms. The molecule has 128 valence electrons. The van der Waals surface area contributed by atoms with Gasteiger partial charge in [-0.2, -0.15) is 4.98 Å². The summed E-state index contributed by atoms with van der Waals surface area (Å²) in [5.41, 5.74) is 1.44. The summed E-state index contributed by atoms with van der Waals surface area (Å²) in [7, 11) is 0. The molecular weight excluding hydrogens is 372 g/mol. The van der Waals surface area contributed by atoms with Crippen molar-refractivity contribution in [1.82, 2.24) is 9.97 Å². The van der Waals surface area contributed by atoms with Crippen LogP contribution in [0.1, 0.15) is 31.1 Å². The van der Waals surface area contributed by atoms with E-state index in [9.17, 15) is 9.90 Å². The van der Waals surface area contributed by atoms with Gasteiger partial charge < -0.3 is 15.7 Å². The fourth-order valence-corrected chi connectivity index (χ4v) is 2.35. The van der Waals surface area contributed by atoms with Crippen molar-refractivity contribution in [2.75, 3.05) is 17.2 Å². The maximum Gasteiger partial charge on any atom is 0.229 e. The minimum Gasteiger partial charge on any atom is -0.394 e. The Labute approximate surface area is 149 Å². The Kier molecular flexibility index (Phi) is 6.28. The molecule has 0 saturated heterocycles. The molecule has 0 aliphatic rings. The van der Waals surface area contributed by atoms with E-state index in [-0.39, 0.29) is 24.3 Å². The summed E-state index contributed by atoms with van der Waals surface area (Å²) < 4.78 is 0.721. The minimum absolute atomic E-state index is 0.0172. The van der Waals surface area contributed by atoms with Crippen LogP contribution in [0.2, 0.25) is 0 Å². The molecule has 0 amide bonds. The van der Waals surface area contributed by atoms with Gasteiger partial charge in [-0.1, -0.05) is 13.8 Å². The highest BCUT2D eigenvalue weighted by Crippen LogP contribution is 2.23. The molecule has 1 heterocycles. The third-order valence-corrected chi connectivity index (χ3v) is 4.20. The lowest BCUT2D eigenvalue weighted by atomic mass is 10.1. The number of aliphatic hydroxyl groups excluding tert-OH is 1. The highest BCUT2D eigenvalue weighted by molar-refractivity contribution is 9.10. The quantitative estimate of drug-likeness (QED) is 0.623. The van der Waals surface area contributed by atoms with Crippen LogP contribution in [-0.2, 0) is 0 Å². The highest BCUT2D eigenvalue weighted by Gasteiger charge is 2.15. The Morgan fingerprint density at radius 2 is 1.96 bits per heavy atom. The number of ketones is 1. The topological polar surface area (TPSA) is 87.1 Å². The van der Waals surface area contributed by atoms with Crippen LogP contribution >= 0.6 is 15.9 Å². The summed E-state index contributed by atoms with van der Waals surface area (Å²) in [6.45, 7) is 5.60. The summed E-state index contributed by atoms with van der Waals surface area (Å²) in [6, 6.07) is 7.02. The maximum absolute atomic E-state index is 11.3. The van der Waals surface area contributed by atoms with Crippen molar-refractivity contribution in [3.05, 3.63) is 40.5 Å². The summed E-state index contributed by atoms with van der Waals surface area (Å²) in [4.78, 5) is 20.0. The summed E-state index contributed by atoms with van der Waals surface area (Å²) in [5.74, 6) is 1.32. The number of hydrogen-bond donors (Lipinski definition) is 3. The van der Waals surface area contributed by atoms with Crippen molar-refractivity contribution in [1.29, 1.82) is 0 Å². The highest BCUT2D eigenvalue weighted by atomic mass is 79.9. The lowest BCUT2D eigenvalue weighted by Gasteiger charge is -2.21. The minimum atomic E-state index is -0.0982. The van der Waals surface area contributed by atoms with E-state index in [1.54, 1.807) is 30.5 Å². The Morgan fingerprint density at radius 3 is 2.50 bits per heavy atom. The van der Waals surface area contributed by atoms with Gasteiger partial charge in [0.25, 0.3) is 0 Å². The van der Waals surface area contributed by atoms with E-state index in [0.717, 1.165) is 10.2 Å². The van der Waals surface area contributed by atoms with Crippen molar-refractivity contribution < 1.29 is 9.90 Å². The summed E-state index contributed by atoms with van der Waals surface area (Å²) in [6.07, 6.45) is 1.65. The van der Waals surface area contributed by atoms with Gasteiger partial charge in [-0.3, -0.25) is 4.79 Å². The molecule has 0 radical (unpaired) electrons. The molecule has 7 heteroatoms. The number of nitrogens with zero attached hydrogens (tertiary/aromatic N) is 2. The number of halogens is 1. The van der Waals surface area contributed by atoms with E-state index in [2.05, 4.69) is 36.5 Å². The van der Waals surface area contributed by atoms with Gasteiger partial charge in [0.15, 0.2) is 5.78 Å². The number of rotatable bonds is 7. The average molecular weight is 393 g/mol. The van der Waals surface area contributed by atoms with Gasteiger partial charge in [0.1, 0.15) is 5.82 Å². The first-order valence-corrected chi connectivity index (χ1v) is 8.48. The lowest BCUT2D eigenvalue weighted by molar-refractivity contribution is 0.101. The van der Waals surface area contributed by atoms with Gasteiger partial charge in [-0.05, 0) is 53.0 Å². The largest absolute Gasteiger partial charge is 0.394 e. The normalized spacial score (nSPS) is 12.1. The zero-order chi connectivity index (χ0) is 17.7. The molecular formula is C17H21BrN4O2. The monoisotopic (exact) mass is 392 g/mol. The fraction of sp³-hybridized carbons (Fsp3) is 0.353. The molecule has 1 aromatic carbocycles. The summed E-state index contributed by atoms with van der Waals surface area (Å²) >= 11 is 3.41. The van der Waals surface area contributed by atoms with Crippen molar-refractivity contribution >= 4 is 39.2 Å². The lowest BCUT2D eigenvalue weighted by Crippen LogP contribution is -2.30. The van der Waals surface area contributed by atoms with Crippen LogP contribution in [0.5, 0.6) is 0 Å². The molecule has 6 nitrogen and oxygen atoms in total. The second-order valence-corrected chi connectivity index (χ2v) is 6.68. The number of aliphatic hydroxyl groups is 1. The van der Waals surface area contributed by atoms with Gasteiger partial charge in [-0.15, -0.1) is 0 Å². The molecule has 1 aromatic heterocycles. The molecule has 0 unspecified atom stereocenters. The fourth-order valence-electron chi connectivity index (χ4n) is 2.04. The first-order chi connectivity index (χ1) is 11.4. The van der Waals surface area contributed by atoms with E-state index >= 15 is 0 Å². The first-order valence-electron chi connectivity index (χ1n) is 7.68. The van der Waals surface area contributed by atoms with Crippen molar-refractivity contribution in [2.45, 2.75) is 26.8 Å². The third kappa shape index (κ3) is 4.75. The average Bonchev–Trinajstić information content (AvgIpc) is 2.55. The van der Waals surface area contributed by atoms with E-state index in [0.29, 0.717) is 17.3 Å². The van der Waals surface area contributed by atoms with Crippen LogP contribution in [0.15, 0.2) is 34.9 Å². The molecule has 2 rings (SSSR count). The SMILES string of the molecule is CC(=O)c1ccc(Nc2ncc(Br)c(N[C@@H](CO)C(C)C)n2)cc1. The van der Waals surface area contributed by atoms with Crippen molar-refractivity contribution in [3.63, 3.8) is 0 Å². The second kappa shape index (κ2) is 8.21. The van der Waals surface area contributed by atoms with E-state index in [4.69, 9.17) is 0 Å². The van der Waals surface area contributed by atoms with Gasteiger partial charge in [-0.25, -0.2) is 4.98 Å². The predicted molar refractivity (Wildman–Crippen MR) is 98.8 cm³/mol. The van der Waals surface area contributed by atoms with Crippen LogP contribution in [0.3, 0.4) is 0 Å². The maximum atomic E-state index is 11.3. The molecule has 0 fully saturated rings. The second-order valence-electron chi connectivity index (χ2n) is 5.83. The molecule has 3 N–H and O–H groups in total. The molecule has 0 aliphatic heterocycles. The smallest absolute Gasteiger partial charge is 0.229 e. The standard InChI is InChI=1S/C17H21BrN4O2/c1-10(2)15(9-23)21-16-14(18)8-19-17(22-16)20-13-6-4-12(5-7-13)11(3)24/h4-8,10,15,23H,9H2,1-3H3,(H2,19,20,21,22)/t15-/m0/s1.